The molecule has 2 saturated heterocycles. The first-order valence-corrected chi connectivity index (χ1v) is 8.10. The zero-order valence-electron chi connectivity index (χ0n) is 12.8. The monoisotopic (exact) mass is 304 g/mol. The lowest BCUT2D eigenvalue weighted by atomic mass is 9.97. The third kappa shape index (κ3) is 3.66. The molecule has 2 heterocycles. The number of likely N-dealkylation sites (tertiary alicyclic amines) is 1. The molecular formula is C17H24N2O3. The maximum absolute atomic E-state index is 12.2. The molecule has 2 atom stereocenters. The number of nitrogens with one attached hydrogen (secondary N) is 1. The minimum Gasteiger partial charge on any atom is -0.390 e. The van der Waals surface area contributed by atoms with E-state index in [1.165, 1.54) is 0 Å². The van der Waals surface area contributed by atoms with Crippen molar-refractivity contribution in [2.75, 3.05) is 26.3 Å². The summed E-state index contributed by atoms with van der Waals surface area (Å²) in [4.78, 5) is 14.5. The number of ether oxygens (including phenoxy) is 1. The van der Waals surface area contributed by atoms with Crippen LogP contribution in [0.15, 0.2) is 30.3 Å². The van der Waals surface area contributed by atoms with Crippen molar-refractivity contribution < 1.29 is 14.6 Å². The van der Waals surface area contributed by atoms with Gasteiger partial charge in [-0.1, -0.05) is 18.2 Å². The van der Waals surface area contributed by atoms with E-state index in [2.05, 4.69) is 10.2 Å². The number of carbonyl (C=O) groups is 1. The Hall–Kier alpha value is -1.43. The quantitative estimate of drug-likeness (QED) is 0.875. The Morgan fingerprint density at radius 1 is 1.18 bits per heavy atom. The van der Waals surface area contributed by atoms with Gasteiger partial charge in [0.2, 0.25) is 0 Å². The first-order valence-electron chi connectivity index (χ1n) is 8.10. The summed E-state index contributed by atoms with van der Waals surface area (Å²) in [7, 11) is 0. The topological polar surface area (TPSA) is 61.8 Å². The van der Waals surface area contributed by atoms with E-state index in [0.29, 0.717) is 18.2 Å². The number of hydrogen-bond donors (Lipinski definition) is 2. The van der Waals surface area contributed by atoms with Crippen molar-refractivity contribution in [3.8, 4) is 0 Å². The number of benzene rings is 1. The molecule has 3 rings (SSSR count). The lowest BCUT2D eigenvalue weighted by Gasteiger charge is -2.41. The van der Waals surface area contributed by atoms with Crippen LogP contribution < -0.4 is 5.32 Å². The molecule has 0 aliphatic carbocycles. The number of amides is 1. The molecule has 0 bridgehead atoms. The second-order valence-electron chi connectivity index (χ2n) is 6.14. The van der Waals surface area contributed by atoms with E-state index in [1.807, 2.05) is 18.2 Å². The molecule has 1 aromatic rings. The van der Waals surface area contributed by atoms with Gasteiger partial charge < -0.3 is 15.2 Å². The number of aliphatic hydroxyl groups excluding tert-OH is 1. The molecule has 120 valence electrons. The van der Waals surface area contributed by atoms with Crippen LogP contribution in [0.1, 0.15) is 29.6 Å². The zero-order valence-corrected chi connectivity index (χ0v) is 12.8. The van der Waals surface area contributed by atoms with Crippen molar-refractivity contribution in [1.29, 1.82) is 0 Å². The highest BCUT2D eigenvalue weighted by Gasteiger charge is 2.32. The van der Waals surface area contributed by atoms with E-state index >= 15 is 0 Å². The summed E-state index contributed by atoms with van der Waals surface area (Å²) in [5.74, 6) is -0.107. The number of β-amino-alcohol motifs (C(OH)–C–C–N with tert-alkyl or cyclic N) is 1. The van der Waals surface area contributed by atoms with Gasteiger partial charge in [-0.15, -0.1) is 0 Å². The van der Waals surface area contributed by atoms with Crippen molar-refractivity contribution >= 4 is 5.91 Å². The van der Waals surface area contributed by atoms with Crippen LogP contribution in [0.4, 0.5) is 0 Å². The summed E-state index contributed by atoms with van der Waals surface area (Å²) in [6, 6.07) is 9.51. The van der Waals surface area contributed by atoms with Gasteiger partial charge in [-0.2, -0.15) is 0 Å². The molecule has 5 nitrogen and oxygen atoms in total. The van der Waals surface area contributed by atoms with Crippen molar-refractivity contribution in [3.05, 3.63) is 35.9 Å². The Bertz CT molecular complexity index is 488. The molecule has 5 heteroatoms. The van der Waals surface area contributed by atoms with Crippen molar-refractivity contribution in [2.24, 2.45) is 0 Å². The number of hydrogen-bond acceptors (Lipinski definition) is 4. The molecule has 0 aromatic heterocycles. The average Bonchev–Trinajstić information content (AvgIpc) is 2.58. The van der Waals surface area contributed by atoms with Crippen molar-refractivity contribution in [3.63, 3.8) is 0 Å². The van der Waals surface area contributed by atoms with Crippen LogP contribution in [-0.2, 0) is 4.74 Å². The third-order valence-electron chi connectivity index (χ3n) is 4.67. The summed E-state index contributed by atoms with van der Waals surface area (Å²) >= 11 is 0. The number of carbonyl (C=O) groups excluding carboxylic acids is 1. The first kappa shape index (κ1) is 15.5. The summed E-state index contributed by atoms with van der Waals surface area (Å²) in [5, 5.41) is 13.3. The maximum atomic E-state index is 12.2. The van der Waals surface area contributed by atoms with Gasteiger partial charge in [0.05, 0.1) is 12.1 Å². The molecule has 2 aliphatic rings. The van der Waals surface area contributed by atoms with E-state index in [4.69, 9.17) is 4.74 Å². The van der Waals surface area contributed by atoms with Gasteiger partial charge in [-0.3, -0.25) is 9.69 Å². The number of piperidine rings is 1. The molecule has 22 heavy (non-hydrogen) atoms. The molecule has 1 aromatic carbocycles. The van der Waals surface area contributed by atoms with Gasteiger partial charge >= 0.3 is 0 Å². The summed E-state index contributed by atoms with van der Waals surface area (Å²) in [6.45, 7) is 3.17. The van der Waals surface area contributed by atoms with Crippen LogP contribution in [0.2, 0.25) is 0 Å². The van der Waals surface area contributed by atoms with E-state index in [9.17, 15) is 9.90 Å². The highest BCUT2D eigenvalue weighted by Crippen LogP contribution is 2.20. The predicted molar refractivity (Wildman–Crippen MR) is 83.7 cm³/mol. The van der Waals surface area contributed by atoms with Gasteiger partial charge in [-0.25, -0.2) is 0 Å². The van der Waals surface area contributed by atoms with Crippen LogP contribution in [0, 0.1) is 0 Å². The molecule has 0 radical (unpaired) electrons. The second-order valence-corrected chi connectivity index (χ2v) is 6.14. The van der Waals surface area contributed by atoms with Gasteiger partial charge in [0.1, 0.15) is 0 Å². The van der Waals surface area contributed by atoms with Crippen molar-refractivity contribution in [1.82, 2.24) is 10.2 Å². The Morgan fingerprint density at radius 3 is 2.59 bits per heavy atom. The summed E-state index contributed by atoms with van der Waals surface area (Å²) in [5.41, 5.74) is 0.640. The fourth-order valence-electron chi connectivity index (χ4n) is 3.35. The average molecular weight is 304 g/mol. The Labute approximate surface area is 131 Å². The Kier molecular flexibility index (Phi) is 5.08. The Balaban J connectivity index is 1.53. The summed E-state index contributed by atoms with van der Waals surface area (Å²) < 4.78 is 5.39. The largest absolute Gasteiger partial charge is 0.390 e. The zero-order chi connectivity index (χ0) is 15.4. The molecule has 1 amide bonds. The van der Waals surface area contributed by atoms with Crippen LogP contribution >= 0.6 is 0 Å². The minimum atomic E-state index is -0.510. The number of nitrogens with zero attached hydrogens (tertiary/aromatic N) is 1. The lowest BCUT2D eigenvalue weighted by Crippen LogP contribution is -2.56. The van der Waals surface area contributed by atoms with Crippen LogP contribution in [0.25, 0.3) is 0 Å². The first-order chi connectivity index (χ1) is 10.7. The lowest BCUT2D eigenvalue weighted by molar-refractivity contribution is -0.0159. The van der Waals surface area contributed by atoms with E-state index in [0.717, 1.165) is 39.0 Å². The molecule has 2 aliphatic heterocycles. The predicted octanol–water partition coefficient (Wildman–Crippen LogP) is 1.03. The Morgan fingerprint density at radius 2 is 1.91 bits per heavy atom. The maximum Gasteiger partial charge on any atom is 0.251 e. The van der Waals surface area contributed by atoms with E-state index in [-0.39, 0.29) is 11.9 Å². The number of rotatable bonds is 3. The van der Waals surface area contributed by atoms with Gasteiger partial charge in [0, 0.05) is 37.9 Å². The fraction of sp³-hybridized carbons (Fsp3) is 0.588. The van der Waals surface area contributed by atoms with Gasteiger partial charge in [0.25, 0.3) is 5.91 Å². The highest BCUT2D eigenvalue weighted by molar-refractivity contribution is 5.94. The van der Waals surface area contributed by atoms with Gasteiger partial charge in [0.15, 0.2) is 0 Å². The molecule has 0 spiro atoms. The molecule has 0 unspecified atom stereocenters. The van der Waals surface area contributed by atoms with E-state index in [1.54, 1.807) is 12.1 Å². The molecule has 2 N–H and O–H groups in total. The second kappa shape index (κ2) is 7.22. The van der Waals surface area contributed by atoms with Crippen molar-refractivity contribution in [2.45, 2.75) is 37.5 Å². The molecule has 0 saturated carbocycles. The smallest absolute Gasteiger partial charge is 0.251 e. The normalized spacial score (nSPS) is 27.5. The SMILES string of the molecule is O=C(N[C@@H]1CCN(C2CCOCC2)C[C@H]1O)c1ccccc1. The molecule has 2 fully saturated rings. The number of aliphatic hydroxyl groups is 1. The third-order valence-corrected chi connectivity index (χ3v) is 4.67. The standard InChI is InChI=1S/C17H24N2O3/c20-16-12-19(14-7-10-22-11-8-14)9-6-15(16)18-17(21)13-4-2-1-3-5-13/h1-5,14-16,20H,6-12H2,(H,18,21)/t15-,16-/m1/s1. The summed E-state index contributed by atoms with van der Waals surface area (Å²) in [6.07, 6.45) is 2.35. The molecular weight excluding hydrogens is 280 g/mol. The van der Waals surface area contributed by atoms with Crippen LogP contribution in [-0.4, -0.2) is 60.4 Å². The van der Waals surface area contributed by atoms with Gasteiger partial charge in [-0.05, 0) is 31.4 Å². The van der Waals surface area contributed by atoms with E-state index < -0.39 is 6.10 Å². The van der Waals surface area contributed by atoms with Crippen LogP contribution in [0.3, 0.4) is 0 Å². The fourth-order valence-corrected chi connectivity index (χ4v) is 3.35. The highest BCUT2D eigenvalue weighted by atomic mass is 16.5. The minimum absolute atomic E-state index is 0.107. The van der Waals surface area contributed by atoms with Crippen LogP contribution in [0.5, 0.6) is 0 Å².